The highest BCUT2D eigenvalue weighted by Crippen LogP contribution is 2.32. The van der Waals surface area contributed by atoms with Crippen molar-refractivity contribution in [1.82, 2.24) is 4.72 Å². The van der Waals surface area contributed by atoms with Gasteiger partial charge in [-0.2, -0.15) is 0 Å². The quantitative estimate of drug-likeness (QED) is 0.892. The lowest BCUT2D eigenvalue weighted by molar-refractivity contribution is 0.402. The number of hydrogen-bond acceptors (Lipinski definition) is 3. The number of nitrogens with one attached hydrogen (secondary N) is 2. The zero-order valence-corrected chi connectivity index (χ0v) is 12.5. The molecule has 3 atom stereocenters. The maximum absolute atomic E-state index is 12.5. The molecule has 1 aliphatic carbocycles. The lowest BCUT2D eigenvalue weighted by atomic mass is 9.98. The molecule has 5 heteroatoms. The van der Waals surface area contributed by atoms with Crippen molar-refractivity contribution in [2.75, 3.05) is 12.4 Å². The van der Waals surface area contributed by atoms with Crippen LogP contribution < -0.4 is 10.0 Å². The second kappa shape index (κ2) is 5.51. The van der Waals surface area contributed by atoms with E-state index in [1.165, 1.54) is 0 Å². The second-order valence-electron chi connectivity index (χ2n) is 5.39. The van der Waals surface area contributed by atoms with Crippen molar-refractivity contribution in [2.45, 2.75) is 37.6 Å². The van der Waals surface area contributed by atoms with Gasteiger partial charge in [-0.05, 0) is 36.8 Å². The van der Waals surface area contributed by atoms with E-state index in [1.54, 1.807) is 25.2 Å². The minimum Gasteiger partial charge on any atom is -0.387 e. The van der Waals surface area contributed by atoms with Crippen molar-refractivity contribution in [3.8, 4) is 0 Å². The molecule has 0 saturated heterocycles. The molecule has 2 rings (SSSR count). The Kier molecular flexibility index (Phi) is 4.16. The fourth-order valence-electron chi connectivity index (χ4n) is 2.70. The van der Waals surface area contributed by atoms with Crippen molar-refractivity contribution in [1.29, 1.82) is 0 Å². The molecule has 3 unspecified atom stereocenters. The van der Waals surface area contributed by atoms with Gasteiger partial charge in [-0.25, -0.2) is 13.1 Å². The summed E-state index contributed by atoms with van der Waals surface area (Å²) >= 11 is 0. The summed E-state index contributed by atoms with van der Waals surface area (Å²) in [6, 6.07) is 7.03. The van der Waals surface area contributed by atoms with Crippen molar-refractivity contribution in [3.63, 3.8) is 0 Å². The smallest absolute Gasteiger partial charge is 0.242 e. The summed E-state index contributed by atoms with van der Waals surface area (Å²) in [6.45, 7) is 4.30. The first-order valence-electron chi connectivity index (χ1n) is 6.75. The molecule has 0 heterocycles. The van der Waals surface area contributed by atoms with Gasteiger partial charge in [0.2, 0.25) is 10.0 Å². The Morgan fingerprint density at radius 3 is 2.42 bits per heavy atom. The molecule has 1 aliphatic rings. The van der Waals surface area contributed by atoms with Crippen LogP contribution in [0.2, 0.25) is 0 Å². The number of para-hydroxylation sites is 1. The molecule has 19 heavy (non-hydrogen) atoms. The molecule has 1 saturated carbocycles. The van der Waals surface area contributed by atoms with Gasteiger partial charge in [-0.1, -0.05) is 26.0 Å². The molecule has 0 aromatic heterocycles. The normalized spacial score (nSPS) is 27.4. The van der Waals surface area contributed by atoms with E-state index < -0.39 is 10.0 Å². The van der Waals surface area contributed by atoms with Crippen LogP contribution in [0.15, 0.2) is 29.2 Å². The average Bonchev–Trinajstić information content (AvgIpc) is 2.70. The Balaban J connectivity index is 2.23. The maximum atomic E-state index is 12.5. The van der Waals surface area contributed by atoms with Gasteiger partial charge in [-0.3, -0.25) is 0 Å². The Hall–Kier alpha value is -1.07. The SMILES string of the molecule is CNc1ccccc1S(=O)(=O)NC1CCC(C)C1C. The molecule has 1 fully saturated rings. The molecule has 0 amide bonds. The van der Waals surface area contributed by atoms with Gasteiger partial charge in [0.25, 0.3) is 0 Å². The van der Waals surface area contributed by atoms with Gasteiger partial charge in [0.05, 0.1) is 5.69 Å². The highest BCUT2D eigenvalue weighted by Gasteiger charge is 2.33. The maximum Gasteiger partial charge on any atom is 0.242 e. The van der Waals surface area contributed by atoms with Crippen LogP contribution in [0.5, 0.6) is 0 Å². The Bertz CT molecular complexity index is 542. The zero-order valence-electron chi connectivity index (χ0n) is 11.7. The van der Waals surface area contributed by atoms with E-state index in [9.17, 15) is 8.42 Å². The van der Waals surface area contributed by atoms with Gasteiger partial charge in [0.15, 0.2) is 0 Å². The number of sulfonamides is 1. The third-order valence-corrected chi connectivity index (χ3v) is 5.77. The first kappa shape index (κ1) is 14.3. The van der Waals surface area contributed by atoms with Crippen molar-refractivity contribution in [2.24, 2.45) is 11.8 Å². The lowest BCUT2D eigenvalue weighted by Crippen LogP contribution is -2.37. The number of hydrogen-bond donors (Lipinski definition) is 2. The molecular formula is C14H22N2O2S. The van der Waals surface area contributed by atoms with Crippen LogP contribution in [0.1, 0.15) is 26.7 Å². The van der Waals surface area contributed by atoms with E-state index in [4.69, 9.17) is 0 Å². The highest BCUT2D eigenvalue weighted by atomic mass is 32.2. The Morgan fingerprint density at radius 1 is 1.16 bits per heavy atom. The van der Waals surface area contributed by atoms with Crippen LogP contribution in [0, 0.1) is 11.8 Å². The van der Waals surface area contributed by atoms with Crippen LogP contribution in [-0.2, 0) is 10.0 Å². The minimum absolute atomic E-state index is 0.0462. The molecule has 0 radical (unpaired) electrons. The summed E-state index contributed by atoms with van der Waals surface area (Å²) in [5.41, 5.74) is 0.633. The van der Waals surface area contributed by atoms with E-state index in [2.05, 4.69) is 23.9 Å². The van der Waals surface area contributed by atoms with Gasteiger partial charge in [0.1, 0.15) is 4.90 Å². The monoisotopic (exact) mass is 282 g/mol. The number of anilines is 1. The minimum atomic E-state index is -3.46. The van der Waals surface area contributed by atoms with Crippen LogP contribution in [0.25, 0.3) is 0 Å². The van der Waals surface area contributed by atoms with Crippen molar-refractivity contribution in [3.05, 3.63) is 24.3 Å². The van der Waals surface area contributed by atoms with E-state index >= 15 is 0 Å². The average molecular weight is 282 g/mol. The summed E-state index contributed by atoms with van der Waals surface area (Å²) in [5.74, 6) is 0.962. The molecule has 1 aromatic rings. The first-order valence-corrected chi connectivity index (χ1v) is 8.23. The predicted molar refractivity (Wildman–Crippen MR) is 77.7 cm³/mol. The van der Waals surface area contributed by atoms with Crippen molar-refractivity contribution < 1.29 is 8.42 Å². The second-order valence-corrected chi connectivity index (χ2v) is 7.07. The molecule has 0 aliphatic heterocycles. The third-order valence-electron chi connectivity index (χ3n) is 4.22. The molecule has 2 N–H and O–H groups in total. The Morgan fingerprint density at radius 2 is 1.84 bits per heavy atom. The van der Waals surface area contributed by atoms with Crippen LogP contribution in [0.4, 0.5) is 5.69 Å². The van der Waals surface area contributed by atoms with E-state index in [0.717, 1.165) is 12.8 Å². The molecular weight excluding hydrogens is 260 g/mol. The van der Waals surface area contributed by atoms with Crippen LogP contribution in [-0.4, -0.2) is 21.5 Å². The van der Waals surface area contributed by atoms with E-state index in [-0.39, 0.29) is 6.04 Å². The fourth-order valence-corrected chi connectivity index (χ4v) is 4.28. The predicted octanol–water partition coefficient (Wildman–Crippen LogP) is 2.44. The van der Waals surface area contributed by atoms with Crippen molar-refractivity contribution >= 4 is 15.7 Å². The topological polar surface area (TPSA) is 58.2 Å². The zero-order chi connectivity index (χ0) is 14.0. The molecule has 106 valence electrons. The lowest BCUT2D eigenvalue weighted by Gasteiger charge is -2.20. The van der Waals surface area contributed by atoms with E-state index in [1.807, 2.05) is 6.07 Å². The first-order chi connectivity index (χ1) is 8.95. The fraction of sp³-hybridized carbons (Fsp3) is 0.571. The molecule has 1 aromatic carbocycles. The summed E-state index contributed by atoms with van der Waals surface area (Å²) in [4.78, 5) is 0.323. The van der Waals surface area contributed by atoms with Gasteiger partial charge in [0, 0.05) is 13.1 Å². The summed E-state index contributed by atoms with van der Waals surface area (Å²) in [6.07, 6.45) is 2.01. The Labute approximate surface area is 115 Å². The van der Waals surface area contributed by atoms with Gasteiger partial charge < -0.3 is 5.32 Å². The number of rotatable bonds is 4. The van der Waals surface area contributed by atoms with Gasteiger partial charge >= 0.3 is 0 Å². The summed E-state index contributed by atoms with van der Waals surface area (Å²) in [5, 5.41) is 2.93. The van der Waals surface area contributed by atoms with E-state index in [0.29, 0.717) is 22.4 Å². The van der Waals surface area contributed by atoms with Gasteiger partial charge in [-0.15, -0.1) is 0 Å². The number of benzene rings is 1. The molecule has 0 spiro atoms. The van der Waals surface area contributed by atoms with Crippen LogP contribution in [0.3, 0.4) is 0 Å². The summed E-state index contributed by atoms with van der Waals surface area (Å²) in [7, 11) is -1.72. The largest absolute Gasteiger partial charge is 0.387 e. The standard InChI is InChI=1S/C14H22N2O2S/c1-10-8-9-12(11(10)2)16-19(17,18)14-7-5-4-6-13(14)15-3/h4-7,10-12,15-16H,8-9H2,1-3H3. The molecule has 4 nitrogen and oxygen atoms in total. The highest BCUT2D eigenvalue weighted by molar-refractivity contribution is 7.89. The molecule has 0 bridgehead atoms. The summed E-state index contributed by atoms with van der Waals surface area (Å²) < 4.78 is 27.8. The third kappa shape index (κ3) is 2.92. The van der Waals surface area contributed by atoms with Crippen LogP contribution >= 0.6 is 0 Å².